The Kier molecular flexibility index (Phi) is 4.62. The van der Waals surface area contributed by atoms with E-state index in [2.05, 4.69) is 10.3 Å². The van der Waals surface area contributed by atoms with Gasteiger partial charge in [0, 0.05) is 43.4 Å². The van der Waals surface area contributed by atoms with E-state index in [9.17, 15) is 9.59 Å². The fourth-order valence-electron chi connectivity index (χ4n) is 4.22. The molecular formula is C23H23N5O3. The summed E-state index contributed by atoms with van der Waals surface area (Å²) in [5, 5.41) is 3.76. The van der Waals surface area contributed by atoms with E-state index in [0.29, 0.717) is 42.5 Å². The molecule has 0 bridgehead atoms. The summed E-state index contributed by atoms with van der Waals surface area (Å²) >= 11 is 0. The Hall–Kier alpha value is -3.81. The van der Waals surface area contributed by atoms with E-state index in [-0.39, 0.29) is 17.9 Å². The molecule has 5 rings (SSSR count). The minimum absolute atomic E-state index is 0.0256. The van der Waals surface area contributed by atoms with Crippen molar-refractivity contribution in [3.8, 4) is 0 Å². The van der Waals surface area contributed by atoms with Crippen molar-refractivity contribution in [1.82, 2.24) is 24.3 Å². The molecule has 1 aliphatic rings. The van der Waals surface area contributed by atoms with Crippen molar-refractivity contribution in [3.63, 3.8) is 0 Å². The van der Waals surface area contributed by atoms with Crippen molar-refractivity contribution in [2.45, 2.75) is 26.1 Å². The normalized spacial score (nSPS) is 15.8. The highest BCUT2D eigenvalue weighted by Crippen LogP contribution is 2.29. The summed E-state index contributed by atoms with van der Waals surface area (Å²) in [6.45, 7) is 3.40. The lowest BCUT2D eigenvalue weighted by molar-refractivity contribution is 0.0639. The van der Waals surface area contributed by atoms with Crippen LogP contribution in [0.25, 0.3) is 10.9 Å². The molecule has 1 aromatic carbocycles. The molecule has 0 saturated carbocycles. The number of fused-ring (bicyclic) bond motifs is 2. The smallest absolute Gasteiger partial charge is 0.271 e. The molecule has 4 heterocycles. The average molecular weight is 417 g/mol. The second-order valence-corrected chi connectivity index (χ2v) is 7.79. The molecule has 0 radical (unpaired) electrons. The van der Waals surface area contributed by atoms with Gasteiger partial charge in [-0.15, -0.1) is 0 Å². The van der Waals surface area contributed by atoms with Gasteiger partial charge in [0.05, 0.1) is 24.4 Å². The molecular weight excluding hydrogens is 394 g/mol. The predicted octanol–water partition coefficient (Wildman–Crippen LogP) is 3.11. The zero-order valence-electron chi connectivity index (χ0n) is 17.4. The number of carbonyl (C=O) groups is 2. The number of nitrogens with zero attached hydrogens (tertiary/aromatic N) is 4. The lowest BCUT2D eigenvalue weighted by Gasteiger charge is -2.33. The van der Waals surface area contributed by atoms with Gasteiger partial charge in [-0.25, -0.2) is 4.98 Å². The van der Waals surface area contributed by atoms with Crippen LogP contribution in [0.5, 0.6) is 0 Å². The van der Waals surface area contributed by atoms with Crippen molar-refractivity contribution in [2.75, 3.05) is 6.54 Å². The van der Waals surface area contributed by atoms with Crippen LogP contribution in [0.1, 0.15) is 45.4 Å². The second-order valence-electron chi connectivity index (χ2n) is 7.79. The number of benzene rings is 1. The van der Waals surface area contributed by atoms with Crippen LogP contribution in [0.4, 0.5) is 0 Å². The summed E-state index contributed by atoms with van der Waals surface area (Å²) in [4.78, 5) is 32.3. The number of aromatic nitrogens is 3. The fraction of sp³-hybridized carbons (Fsp3) is 0.261. The van der Waals surface area contributed by atoms with Crippen molar-refractivity contribution in [3.05, 3.63) is 77.9 Å². The molecule has 31 heavy (non-hydrogen) atoms. The van der Waals surface area contributed by atoms with Crippen molar-refractivity contribution < 1.29 is 14.0 Å². The van der Waals surface area contributed by atoms with Crippen LogP contribution in [-0.4, -0.2) is 37.4 Å². The molecule has 0 aliphatic carbocycles. The second kappa shape index (κ2) is 7.46. The van der Waals surface area contributed by atoms with Gasteiger partial charge in [-0.05, 0) is 25.1 Å². The summed E-state index contributed by atoms with van der Waals surface area (Å²) in [6.07, 6.45) is 5.21. The van der Waals surface area contributed by atoms with E-state index in [1.807, 2.05) is 58.5 Å². The quantitative estimate of drug-likeness (QED) is 0.553. The van der Waals surface area contributed by atoms with E-state index >= 15 is 0 Å². The molecule has 1 aliphatic heterocycles. The number of para-hydroxylation sites is 1. The number of rotatable bonds is 4. The number of furan rings is 1. The van der Waals surface area contributed by atoms with Gasteiger partial charge in [0.2, 0.25) is 0 Å². The van der Waals surface area contributed by atoms with Gasteiger partial charge in [0.1, 0.15) is 17.3 Å². The third kappa shape index (κ3) is 3.30. The first-order valence-corrected chi connectivity index (χ1v) is 10.3. The Morgan fingerprint density at radius 3 is 2.81 bits per heavy atom. The minimum atomic E-state index is -0.266. The molecule has 4 aromatic rings. The number of imidazole rings is 1. The first-order chi connectivity index (χ1) is 15.0. The van der Waals surface area contributed by atoms with Gasteiger partial charge in [-0.1, -0.05) is 18.2 Å². The molecule has 2 amide bonds. The van der Waals surface area contributed by atoms with E-state index in [0.717, 1.165) is 10.9 Å². The van der Waals surface area contributed by atoms with Crippen LogP contribution < -0.4 is 5.32 Å². The van der Waals surface area contributed by atoms with Gasteiger partial charge in [-0.2, -0.15) is 0 Å². The first kappa shape index (κ1) is 19.2. The average Bonchev–Trinajstić information content (AvgIpc) is 3.51. The highest BCUT2D eigenvalue weighted by atomic mass is 16.3. The number of hydrogen-bond acceptors (Lipinski definition) is 4. The largest absolute Gasteiger partial charge is 0.467 e. The summed E-state index contributed by atoms with van der Waals surface area (Å²) in [5.41, 5.74) is 2.04. The molecule has 1 N–H and O–H groups in total. The lowest BCUT2D eigenvalue weighted by atomic mass is 10.1. The molecule has 3 aromatic heterocycles. The topological polar surface area (TPSA) is 85.3 Å². The molecule has 1 unspecified atom stereocenters. The molecule has 1 atom stereocenters. The third-order valence-electron chi connectivity index (χ3n) is 5.85. The maximum atomic E-state index is 13.4. The van der Waals surface area contributed by atoms with Crippen molar-refractivity contribution in [1.29, 1.82) is 0 Å². The van der Waals surface area contributed by atoms with Gasteiger partial charge in [0.25, 0.3) is 11.8 Å². The molecule has 158 valence electrons. The van der Waals surface area contributed by atoms with Crippen LogP contribution in [-0.2, 0) is 20.1 Å². The highest BCUT2D eigenvalue weighted by molar-refractivity contribution is 6.07. The Labute approximate surface area is 179 Å². The fourth-order valence-corrected chi connectivity index (χ4v) is 4.22. The summed E-state index contributed by atoms with van der Waals surface area (Å²) in [5.74, 6) is 1.10. The third-order valence-corrected chi connectivity index (χ3v) is 5.85. The zero-order valence-corrected chi connectivity index (χ0v) is 17.4. The van der Waals surface area contributed by atoms with E-state index in [4.69, 9.17) is 4.42 Å². The van der Waals surface area contributed by atoms with Crippen LogP contribution in [0, 0.1) is 0 Å². The Bertz CT molecular complexity index is 1270. The van der Waals surface area contributed by atoms with Gasteiger partial charge >= 0.3 is 0 Å². The summed E-state index contributed by atoms with van der Waals surface area (Å²) in [7, 11) is 1.94. The summed E-state index contributed by atoms with van der Waals surface area (Å²) < 4.78 is 9.18. The number of hydrogen-bond donors (Lipinski definition) is 1. The van der Waals surface area contributed by atoms with Crippen LogP contribution >= 0.6 is 0 Å². The van der Waals surface area contributed by atoms with Gasteiger partial charge in [0.15, 0.2) is 0 Å². The number of aryl methyl sites for hydroxylation is 1. The Morgan fingerprint density at radius 2 is 2.00 bits per heavy atom. The SMILES string of the molecule is CC1c2nc(C(=O)NCc3ccco3)cn2CCN1C(=O)c1cn(C)c2ccccc12. The molecule has 0 fully saturated rings. The van der Waals surface area contributed by atoms with Crippen LogP contribution in [0.3, 0.4) is 0 Å². The lowest BCUT2D eigenvalue weighted by Crippen LogP contribution is -2.41. The van der Waals surface area contributed by atoms with Crippen LogP contribution in [0.15, 0.2) is 59.5 Å². The van der Waals surface area contributed by atoms with Crippen molar-refractivity contribution >= 4 is 22.7 Å². The Morgan fingerprint density at radius 1 is 1.16 bits per heavy atom. The monoisotopic (exact) mass is 417 g/mol. The summed E-state index contributed by atoms with van der Waals surface area (Å²) in [6, 6.07) is 11.2. The molecule has 8 heteroatoms. The van der Waals surface area contributed by atoms with Gasteiger partial charge < -0.3 is 23.8 Å². The maximum absolute atomic E-state index is 13.4. The first-order valence-electron chi connectivity index (χ1n) is 10.3. The van der Waals surface area contributed by atoms with E-state index in [1.165, 1.54) is 0 Å². The highest BCUT2D eigenvalue weighted by Gasteiger charge is 2.32. The minimum Gasteiger partial charge on any atom is -0.467 e. The maximum Gasteiger partial charge on any atom is 0.271 e. The van der Waals surface area contributed by atoms with E-state index < -0.39 is 0 Å². The number of nitrogens with one attached hydrogen (secondary N) is 1. The van der Waals surface area contributed by atoms with Gasteiger partial charge in [-0.3, -0.25) is 9.59 Å². The predicted molar refractivity (Wildman–Crippen MR) is 114 cm³/mol. The van der Waals surface area contributed by atoms with E-state index in [1.54, 1.807) is 24.6 Å². The number of carbonyl (C=O) groups excluding carboxylic acids is 2. The zero-order chi connectivity index (χ0) is 21.5. The standard InChI is InChI=1S/C23H23N5O3/c1-15-21-25-19(22(29)24-12-16-6-5-11-31-16)14-27(21)9-10-28(15)23(30)18-13-26(2)20-8-4-3-7-17(18)20/h3-8,11,13-15H,9-10,12H2,1-2H3,(H,24,29). The molecule has 8 nitrogen and oxygen atoms in total. The Balaban J connectivity index is 1.37. The van der Waals surface area contributed by atoms with Crippen molar-refractivity contribution in [2.24, 2.45) is 7.05 Å². The molecule has 0 spiro atoms. The molecule has 0 saturated heterocycles. The van der Waals surface area contributed by atoms with Crippen LogP contribution in [0.2, 0.25) is 0 Å². The number of amides is 2.